The summed E-state index contributed by atoms with van der Waals surface area (Å²) in [7, 11) is 1.59. The number of nitrogens with one attached hydrogen (secondary N) is 3. The average Bonchev–Trinajstić information content (AvgIpc) is 2.72. The first-order valence-electron chi connectivity index (χ1n) is 9.81. The van der Waals surface area contributed by atoms with Crippen molar-refractivity contribution in [1.29, 1.82) is 0 Å². The summed E-state index contributed by atoms with van der Waals surface area (Å²) in [6.45, 7) is 4.77. The molecule has 0 spiro atoms. The largest absolute Gasteiger partial charge is 0.355 e. The highest BCUT2D eigenvalue weighted by atomic mass is 16.2. The highest BCUT2D eigenvalue weighted by Crippen LogP contribution is 2.10. The molecule has 0 radical (unpaired) electrons. The fourth-order valence-corrected chi connectivity index (χ4v) is 3.07. The topological polar surface area (TPSA) is 90.5 Å². The van der Waals surface area contributed by atoms with E-state index >= 15 is 0 Å². The molecule has 0 aromatic heterocycles. The molecule has 0 atom stereocenters. The van der Waals surface area contributed by atoms with Crippen LogP contribution in [0, 0.1) is 0 Å². The van der Waals surface area contributed by atoms with Gasteiger partial charge >= 0.3 is 0 Å². The van der Waals surface area contributed by atoms with Crippen molar-refractivity contribution in [2.24, 2.45) is 0 Å². The third-order valence-electron chi connectivity index (χ3n) is 4.70. The van der Waals surface area contributed by atoms with E-state index in [1.165, 1.54) is 6.08 Å². The quantitative estimate of drug-likeness (QED) is 0.585. The minimum absolute atomic E-state index is 0.0645. The van der Waals surface area contributed by atoms with Crippen molar-refractivity contribution in [3.05, 3.63) is 41.5 Å². The molecule has 1 aromatic rings. The monoisotopic (exact) mass is 386 g/mol. The maximum Gasteiger partial charge on any atom is 0.251 e. The van der Waals surface area contributed by atoms with Gasteiger partial charge < -0.3 is 16.0 Å². The van der Waals surface area contributed by atoms with Crippen LogP contribution in [0.15, 0.2) is 30.3 Å². The van der Waals surface area contributed by atoms with Crippen LogP contribution in [0.4, 0.5) is 0 Å². The lowest BCUT2D eigenvalue weighted by Gasteiger charge is -2.31. The number of hydrogen-bond acceptors (Lipinski definition) is 4. The Labute approximate surface area is 166 Å². The first-order chi connectivity index (χ1) is 13.5. The van der Waals surface area contributed by atoms with E-state index in [2.05, 4.69) is 20.9 Å². The normalized spacial score (nSPS) is 15.4. The van der Waals surface area contributed by atoms with Crippen molar-refractivity contribution in [3.63, 3.8) is 0 Å². The molecule has 0 bridgehead atoms. The van der Waals surface area contributed by atoms with Crippen molar-refractivity contribution in [2.75, 3.05) is 33.2 Å². The number of nitrogens with zero attached hydrogens (tertiary/aromatic N) is 1. The summed E-state index contributed by atoms with van der Waals surface area (Å²) < 4.78 is 0. The molecule has 28 heavy (non-hydrogen) atoms. The molecule has 1 aliphatic heterocycles. The average molecular weight is 386 g/mol. The lowest BCUT2D eigenvalue weighted by molar-refractivity contribution is -0.123. The molecule has 1 aliphatic rings. The van der Waals surface area contributed by atoms with Gasteiger partial charge in [0, 0.05) is 44.4 Å². The lowest BCUT2D eigenvalue weighted by Crippen LogP contribution is -2.47. The summed E-state index contributed by atoms with van der Waals surface area (Å²) in [4.78, 5) is 37.6. The third kappa shape index (κ3) is 7.15. The fourth-order valence-electron chi connectivity index (χ4n) is 3.07. The minimum atomic E-state index is -0.137. The molecular formula is C21H30N4O3. The molecule has 7 nitrogen and oxygen atoms in total. The molecule has 0 unspecified atom stereocenters. The van der Waals surface area contributed by atoms with Gasteiger partial charge in [-0.15, -0.1) is 0 Å². The molecule has 3 N–H and O–H groups in total. The summed E-state index contributed by atoms with van der Waals surface area (Å²) in [6.07, 6.45) is 5.85. The van der Waals surface area contributed by atoms with Crippen LogP contribution in [0.2, 0.25) is 0 Å². The maximum absolute atomic E-state index is 12.1. The van der Waals surface area contributed by atoms with E-state index in [1.807, 2.05) is 6.92 Å². The van der Waals surface area contributed by atoms with E-state index in [0.717, 1.165) is 37.9 Å². The van der Waals surface area contributed by atoms with Gasteiger partial charge in [-0.1, -0.05) is 19.1 Å². The number of benzene rings is 1. The van der Waals surface area contributed by atoms with Gasteiger partial charge in [-0.2, -0.15) is 0 Å². The van der Waals surface area contributed by atoms with E-state index in [0.29, 0.717) is 18.7 Å². The SMILES string of the molecule is CCCNC(=O)CN1CCC(NC(=O)/C=C/c2ccc(C(=O)NC)cc2)CC1. The third-order valence-corrected chi connectivity index (χ3v) is 4.70. The Morgan fingerprint density at radius 1 is 1.14 bits per heavy atom. The number of hydrogen-bond donors (Lipinski definition) is 3. The summed E-state index contributed by atoms with van der Waals surface area (Å²) >= 11 is 0. The minimum Gasteiger partial charge on any atom is -0.355 e. The van der Waals surface area contributed by atoms with Gasteiger partial charge in [-0.25, -0.2) is 0 Å². The Balaban J connectivity index is 1.73. The summed E-state index contributed by atoms with van der Waals surface area (Å²) in [6, 6.07) is 7.18. The Hall–Kier alpha value is -2.67. The standard InChI is InChI=1S/C21H30N4O3/c1-3-12-23-20(27)15-25-13-10-18(11-14-25)24-19(26)9-6-16-4-7-17(8-5-16)21(28)22-2/h4-9,18H,3,10-15H2,1-2H3,(H,22,28)(H,23,27)(H,24,26)/b9-6+. The summed E-state index contributed by atoms with van der Waals surface area (Å²) in [5.74, 6) is -0.202. The van der Waals surface area contributed by atoms with Crippen LogP contribution in [0.25, 0.3) is 6.08 Å². The highest BCUT2D eigenvalue weighted by Gasteiger charge is 2.21. The molecule has 0 saturated carbocycles. The molecule has 7 heteroatoms. The molecule has 152 valence electrons. The van der Waals surface area contributed by atoms with E-state index in [1.54, 1.807) is 37.4 Å². The van der Waals surface area contributed by atoms with Gasteiger partial charge in [0.25, 0.3) is 5.91 Å². The lowest BCUT2D eigenvalue weighted by atomic mass is 10.0. The second kappa shape index (κ2) is 11.2. The zero-order chi connectivity index (χ0) is 20.4. The van der Waals surface area contributed by atoms with Gasteiger partial charge in [-0.3, -0.25) is 19.3 Å². The van der Waals surface area contributed by atoms with Gasteiger partial charge in [-0.05, 0) is 43.0 Å². The highest BCUT2D eigenvalue weighted by molar-refractivity contribution is 5.94. The van der Waals surface area contributed by atoms with Crippen LogP contribution in [0.5, 0.6) is 0 Å². The molecule has 3 amide bonds. The van der Waals surface area contributed by atoms with Crippen LogP contribution < -0.4 is 16.0 Å². The van der Waals surface area contributed by atoms with Gasteiger partial charge in [0.1, 0.15) is 0 Å². The van der Waals surface area contributed by atoms with Crippen molar-refractivity contribution < 1.29 is 14.4 Å². The zero-order valence-electron chi connectivity index (χ0n) is 16.7. The summed E-state index contributed by atoms with van der Waals surface area (Å²) in [5.41, 5.74) is 1.44. The number of rotatable bonds is 8. The van der Waals surface area contributed by atoms with Crippen LogP contribution in [0.3, 0.4) is 0 Å². The predicted molar refractivity (Wildman–Crippen MR) is 110 cm³/mol. The predicted octanol–water partition coefficient (Wildman–Crippen LogP) is 1.17. The Morgan fingerprint density at radius 3 is 2.43 bits per heavy atom. The smallest absolute Gasteiger partial charge is 0.251 e. The fraction of sp³-hybridized carbons (Fsp3) is 0.476. The first-order valence-corrected chi connectivity index (χ1v) is 9.81. The van der Waals surface area contributed by atoms with Crippen LogP contribution >= 0.6 is 0 Å². The van der Waals surface area contributed by atoms with E-state index in [9.17, 15) is 14.4 Å². The summed E-state index contributed by atoms with van der Waals surface area (Å²) in [5, 5.41) is 8.48. The first kappa shape index (κ1) is 21.6. The van der Waals surface area contributed by atoms with E-state index in [-0.39, 0.29) is 23.8 Å². The number of likely N-dealkylation sites (tertiary alicyclic amines) is 1. The Bertz CT molecular complexity index is 692. The second-order valence-corrected chi connectivity index (χ2v) is 6.94. The van der Waals surface area contributed by atoms with Crippen LogP contribution in [0.1, 0.15) is 42.1 Å². The van der Waals surface area contributed by atoms with Crippen molar-refractivity contribution in [3.8, 4) is 0 Å². The number of carbonyl (C=O) groups excluding carboxylic acids is 3. The molecule has 1 aromatic carbocycles. The Kier molecular flexibility index (Phi) is 8.68. The molecule has 1 heterocycles. The zero-order valence-corrected chi connectivity index (χ0v) is 16.7. The molecular weight excluding hydrogens is 356 g/mol. The molecule has 1 saturated heterocycles. The van der Waals surface area contributed by atoms with Crippen molar-refractivity contribution >= 4 is 23.8 Å². The van der Waals surface area contributed by atoms with E-state index in [4.69, 9.17) is 0 Å². The molecule has 0 aliphatic carbocycles. The number of amides is 3. The van der Waals surface area contributed by atoms with Gasteiger partial charge in [0.2, 0.25) is 11.8 Å². The van der Waals surface area contributed by atoms with Gasteiger partial charge in [0.05, 0.1) is 6.54 Å². The maximum atomic E-state index is 12.1. The Morgan fingerprint density at radius 2 is 1.82 bits per heavy atom. The second-order valence-electron chi connectivity index (χ2n) is 6.94. The van der Waals surface area contributed by atoms with Crippen LogP contribution in [-0.2, 0) is 9.59 Å². The van der Waals surface area contributed by atoms with Gasteiger partial charge in [0.15, 0.2) is 0 Å². The molecule has 1 fully saturated rings. The van der Waals surface area contributed by atoms with Crippen LogP contribution in [-0.4, -0.2) is 61.9 Å². The molecule has 2 rings (SSSR count). The van der Waals surface area contributed by atoms with Crippen molar-refractivity contribution in [1.82, 2.24) is 20.9 Å². The number of piperidine rings is 1. The number of carbonyl (C=O) groups is 3. The van der Waals surface area contributed by atoms with E-state index < -0.39 is 0 Å². The van der Waals surface area contributed by atoms with Crippen molar-refractivity contribution in [2.45, 2.75) is 32.2 Å².